The van der Waals surface area contributed by atoms with Crippen molar-refractivity contribution < 1.29 is 13.7 Å². The van der Waals surface area contributed by atoms with Gasteiger partial charge in [-0.25, -0.2) is 18.3 Å². The van der Waals surface area contributed by atoms with Crippen LogP contribution in [-0.2, 0) is 22.3 Å². The zero-order valence-electron chi connectivity index (χ0n) is 26.1. The minimum Gasteiger partial charge on any atom is -0.444 e. The molecule has 0 saturated carbocycles. The van der Waals surface area contributed by atoms with Gasteiger partial charge in [0.05, 0.1) is 16.7 Å². The average Bonchev–Trinajstić information content (AvgIpc) is 3.26. The molecule has 43 heavy (non-hydrogen) atoms. The number of carbonyl (C=O) groups excluding carboxylic acids is 1. The van der Waals surface area contributed by atoms with Crippen molar-refractivity contribution in [2.24, 2.45) is 16.6 Å². The highest BCUT2D eigenvalue weighted by Crippen LogP contribution is 2.35. The van der Waals surface area contributed by atoms with Crippen LogP contribution in [0.5, 0.6) is 0 Å². The van der Waals surface area contributed by atoms with Crippen molar-refractivity contribution in [2.45, 2.75) is 83.4 Å². The number of hydrogen-bond acceptors (Lipinski definition) is 7. The number of nitrogens with zero attached hydrogens (tertiary/aromatic N) is 4. The van der Waals surface area contributed by atoms with E-state index in [1.54, 1.807) is 23.1 Å². The van der Waals surface area contributed by atoms with Gasteiger partial charge in [0, 0.05) is 43.5 Å². The molecule has 2 aromatic rings. The highest BCUT2D eigenvalue weighted by Gasteiger charge is 2.35. The minimum atomic E-state index is -1.19. The maximum absolute atomic E-state index is 12.6. The Hall–Kier alpha value is -3.95. The normalized spacial score (nSPS) is 17.5. The number of likely N-dealkylation sites (tertiary alicyclic amines) is 1. The molecule has 1 amide bonds. The summed E-state index contributed by atoms with van der Waals surface area (Å²) in [5, 5.41) is 8.59. The van der Waals surface area contributed by atoms with Gasteiger partial charge in [0.2, 0.25) is 0 Å². The molecule has 0 spiro atoms. The van der Waals surface area contributed by atoms with Gasteiger partial charge in [0.25, 0.3) is 5.56 Å². The summed E-state index contributed by atoms with van der Waals surface area (Å²) in [6.07, 6.45) is 3.64. The van der Waals surface area contributed by atoms with E-state index in [1.165, 1.54) is 6.20 Å². The summed E-state index contributed by atoms with van der Waals surface area (Å²) in [5.41, 5.74) is 12.7. The number of nitrogens with one attached hydrogen (secondary N) is 1. The van der Waals surface area contributed by atoms with Crippen LogP contribution in [0.25, 0.3) is 0 Å². The number of aromatic amines is 1. The van der Waals surface area contributed by atoms with E-state index in [4.69, 9.17) is 21.5 Å². The fraction of sp³-hybridized carbons (Fsp3) is 0.484. The Morgan fingerprint density at radius 2 is 1.81 bits per heavy atom. The van der Waals surface area contributed by atoms with Crippen molar-refractivity contribution in [1.82, 2.24) is 14.2 Å². The first-order chi connectivity index (χ1) is 20.1. The number of aromatic nitrogens is 1. The molecular formula is C31H45N7O4S. The average molecular weight is 612 g/mol. The first-order valence-electron chi connectivity index (χ1n) is 14.1. The molecule has 1 saturated heterocycles. The number of aliphatic imine (C=N–C) groups is 1. The Morgan fingerprint density at radius 3 is 2.35 bits per heavy atom. The molecular weight excluding hydrogens is 566 g/mol. The van der Waals surface area contributed by atoms with Gasteiger partial charge in [0.1, 0.15) is 28.0 Å². The smallest absolute Gasteiger partial charge is 0.410 e. The number of piperidine rings is 1. The standard InChI is InChI=1S/C17H21N5O2S.C12H20N2O2.C2H4/c1-17(2,3)22-9-10-8-11(4-5-13(10)25(22)24)21-15(19)14-12(18)6-7-20-16(14)23;1-12(2,3)16-11(15)14-8-5-10(4-7-13)6-9-14;1-2/h4-8H,9H2,1-3H3,(H2,19,21)(H3,18,20,23);10H,4-6,8-9H2,1-3H3;1-2H2. The largest absolute Gasteiger partial charge is 0.444 e. The second kappa shape index (κ2) is 15.0. The third-order valence-electron chi connectivity index (χ3n) is 6.64. The Bertz CT molecular complexity index is 1430. The number of anilines is 1. The highest BCUT2D eigenvalue weighted by atomic mass is 32.2. The summed E-state index contributed by atoms with van der Waals surface area (Å²) < 4.78 is 19.8. The van der Waals surface area contributed by atoms with Crippen LogP contribution in [0.4, 0.5) is 16.2 Å². The molecule has 1 atom stereocenters. The van der Waals surface area contributed by atoms with Crippen molar-refractivity contribution in [3.63, 3.8) is 0 Å². The number of rotatable bonds is 3. The monoisotopic (exact) mass is 611 g/mol. The lowest BCUT2D eigenvalue weighted by molar-refractivity contribution is 0.0185. The number of amidine groups is 1. The number of carbonyl (C=O) groups is 1. The van der Waals surface area contributed by atoms with Crippen LogP contribution >= 0.6 is 0 Å². The van der Waals surface area contributed by atoms with Gasteiger partial charge in [0.15, 0.2) is 0 Å². The van der Waals surface area contributed by atoms with E-state index < -0.39 is 16.6 Å². The molecule has 4 rings (SSSR count). The number of benzene rings is 1. The molecule has 234 valence electrons. The van der Waals surface area contributed by atoms with Gasteiger partial charge in [-0.3, -0.25) is 4.79 Å². The summed E-state index contributed by atoms with van der Waals surface area (Å²) in [6.45, 7) is 19.7. The van der Waals surface area contributed by atoms with E-state index >= 15 is 0 Å². The van der Waals surface area contributed by atoms with Crippen LogP contribution in [-0.4, -0.2) is 54.6 Å². The number of fused-ring (bicyclic) bond motifs is 1. The van der Waals surface area contributed by atoms with Gasteiger partial charge in [-0.05, 0) is 90.1 Å². The molecule has 11 nitrogen and oxygen atoms in total. The van der Waals surface area contributed by atoms with Crippen LogP contribution in [0.1, 0.15) is 71.9 Å². The fourth-order valence-corrected chi connectivity index (χ4v) is 6.00. The Labute approximate surface area is 257 Å². The Kier molecular flexibility index (Phi) is 12.3. The predicted octanol–water partition coefficient (Wildman–Crippen LogP) is 4.98. The summed E-state index contributed by atoms with van der Waals surface area (Å²) in [6, 6.07) is 9.13. The molecule has 1 aromatic heterocycles. The molecule has 3 heterocycles. The van der Waals surface area contributed by atoms with Crippen LogP contribution in [0, 0.1) is 17.2 Å². The number of hydrogen-bond donors (Lipinski definition) is 3. The van der Waals surface area contributed by atoms with Gasteiger partial charge in [-0.2, -0.15) is 5.26 Å². The number of amides is 1. The number of H-pyrrole nitrogens is 1. The number of nitriles is 1. The Balaban J connectivity index is 0.000000310. The first-order valence-corrected chi connectivity index (χ1v) is 15.2. The molecule has 0 radical (unpaired) electrons. The van der Waals surface area contributed by atoms with Crippen LogP contribution in [0.3, 0.4) is 0 Å². The van der Waals surface area contributed by atoms with Crippen LogP contribution in [0.15, 0.2) is 58.3 Å². The SMILES string of the molecule is C=C.CC(C)(C)N1Cc2cc(N=C(N)c3c(N)cc[nH]c3=O)ccc2S1=O.CC(C)(C)OC(=O)N1CCC(CC#N)CC1. The van der Waals surface area contributed by atoms with Gasteiger partial charge in [-0.1, -0.05) is 0 Å². The number of nitrogens with two attached hydrogens (primary N) is 2. The van der Waals surface area contributed by atoms with Crippen molar-refractivity contribution in [1.29, 1.82) is 5.26 Å². The van der Waals surface area contributed by atoms with E-state index in [2.05, 4.69) is 29.2 Å². The number of nitrogen functional groups attached to an aromatic ring is 1. The lowest BCUT2D eigenvalue weighted by Gasteiger charge is -2.32. The third kappa shape index (κ3) is 9.80. The number of ether oxygens (including phenoxy) is 1. The molecule has 2 aliphatic heterocycles. The second-order valence-electron chi connectivity index (χ2n) is 12.2. The molecule has 0 bridgehead atoms. The van der Waals surface area contributed by atoms with Gasteiger partial charge in [-0.15, -0.1) is 13.2 Å². The van der Waals surface area contributed by atoms with E-state index in [1.807, 2.05) is 51.9 Å². The number of pyridine rings is 1. The van der Waals surface area contributed by atoms with E-state index in [0.29, 0.717) is 37.7 Å². The Morgan fingerprint density at radius 1 is 1.19 bits per heavy atom. The molecule has 0 aliphatic carbocycles. The molecule has 12 heteroatoms. The fourth-order valence-electron chi connectivity index (χ4n) is 4.48. The third-order valence-corrected chi connectivity index (χ3v) is 8.49. The molecule has 5 N–H and O–H groups in total. The maximum atomic E-state index is 12.6. The summed E-state index contributed by atoms with van der Waals surface area (Å²) in [7, 11) is -1.19. The van der Waals surface area contributed by atoms with Crippen molar-refractivity contribution in [3.05, 3.63) is 65.1 Å². The predicted molar refractivity (Wildman–Crippen MR) is 172 cm³/mol. The van der Waals surface area contributed by atoms with E-state index in [0.717, 1.165) is 23.3 Å². The van der Waals surface area contributed by atoms with Crippen LogP contribution < -0.4 is 17.0 Å². The maximum Gasteiger partial charge on any atom is 0.410 e. The zero-order chi connectivity index (χ0) is 32.5. The lowest BCUT2D eigenvalue weighted by Crippen LogP contribution is -2.41. The van der Waals surface area contributed by atoms with Crippen molar-refractivity contribution >= 4 is 34.3 Å². The van der Waals surface area contributed by atoms with Crippen molar-refractivity contribution in [2.75, 3.05) is 18.8 Å². The molecule has 2 aliphatic rings. The minimum absolute atomic E-state index is 0.0473. The van der Waals surface area contributed by atoms with Crippen LogP contribution in [0.2, 0.25) is 0 Å². The summed E-state index contributed by atoms with van der Waals surface area (Å²) >= 11 is 0. The topological polar surface area (TPSA) is 171 Å². The first kappa shape index (κ1) is 35.2. The summed E-state index contributed by atoms with van der Waals surface area (Å²) in [4.78, 5) is 33.0. The van der Waals surface area contributed by atoms with E-state index in [-0.39, 0.29) is 34.3 Å². The van der Waals surface area contributed by atoms with Crippen molar-refractivity contribution in [3.8, 4) is 6.07 Å². The van der Waals surface area contributed by atoms with E-state index in [9.17, 15) is 13.8 Å². The molecule has 1 unspecified atom stereocenters. The quantitative estimate of drug-likeness (QED) is 0.249. The van der Waals surface area contributed by atoms with Gasteiger partial charge >= 0.3 is 6.09 Å². The summed E-state index contributed by atoms with van der Waals surface area (Å²) in [5.74, 6) is 0.495. The molecule has 1 aromatic carbocycles. The highest BCUT2D eigenvalue weighted by molar-refractivity contribution is 7.83. The van der Waals surface area contributed by atoms with Gasteiger partial charge < -0.3 is 26.1 Å². The zero-order valence-corrected chi connectivity index (χ0v) is 26.9. The second-order valence-corrected chi connectivity index (χ2v) is 13.5. The lowest BCUT2D eigenvalue weighted by atomic mass is 9.94. The molecule has 1 fully saturated rings.